The number of fused-ring (bicyclic) bond motifs is 16. The van der Waals surface area contributed by atoms with E-state index in [9.17, 15) is 0 Å². The molecule has 0 atom stereocenters. The molecule has 13 aromatic carbocycles. The van der Waals surface area contributed by atoms with E-state index in [2.05, 4.69) is 298 Å². The lowest BCUT2D eigenvalue weighted by Crippen LogP contribution is -2.57. The molecule has 0 amide bonds. The molecule has 6 nitrogen and oxygen atoms in total. The molecule has 0 spiro atoms. The number of para-hydroxylation sites is 4. The number of ether oxygens (including phenoxy) is 2. The van der Waals surface area contributed by atoms with E-state index in [0.717, 1.165) is 140 Å². The average Bonchev–Trinajstić information content (AvgIpc) is 1.69. The van der Waals surface area contributed by atoms with E-state index in [-0.39, 0.29) is 6.71 Å². The van der Waals surface area contributed by atoms with Gasteiger partial charge in [-0.05, 0) is 175 Å². The summed E-state index contributed by atoms with van der Waals surface area (Å²) in [6, 6.07) is 98.6. The highest BCUT2D eigenvalue weighted by atomic mass is 16.5. The monoisotopic (exact) mass is 1170 g/mol. The fraction of sp³-hybridized carbons (Fsp3) is 0.0714. The van der Waals surface area contributed by atoms with Gasteiger partial charge in [0.05, 0.1) is 11.4 Å². The Bertz CT molecular complexity index is 5240. The number of rotatable bonds is 8. The Morgan fingerprint density at radius 3 is 1.15 bits per heavy atom. The molecule has 0 saturated heterocycles. The van der Waals surface area contributed by atoms with E-state index in [0.29, 0.717) is 0 Å². The lowest BCUT2D eigenvalue weighted by atomic mass is 9.34. The Morgan fingerprint density at radius 1 is 0.297 bits per heavy atom. The molecular weight excluding hydrogens is 1110 g/mol. The van der Waals surface area contributed by atoms with Gasteiger partial charge in [-0.25, -0.2) is 0 Å². The smallest absolute Gasteiger partial charge is 0.260 e. The third kappa shape index (κ3) is 7.61. The van der Waals surface area contributed by atoms with Crippen LogP contribution in [0.4, 0.5) is 34.1 Å². The van der Waals surface area contributed by atoms with E-state index in [4.69, 9.17) is 18.3 Å². The minimum Gasteiger partial charge on any atom is -0.458 e. The molecule has 91 heavy (non-hydrogen) atoms. The zero-order valence-corrected chi connectivity index (χ0v) is 50.6. The van der Waals surface area contributed by atoms with Crippen LogP contribution in [0.15, 0.2) is 282 Å². The molecule has 4 heterocycles. The summed E-state index contributed by atoms with van der Waals surface area (Å²) in [5, 5.41) is 4.36. The number of benzene rings is 13. The largest absolute Gasteiger partial charge is 0.458 e. The summed E-state index contributed by atoms with van der Waals surface area (Å²) in [6.45, 7) is 9.39. The second-order valence-electron chi connectivity index (χ2n) is 25.9. The van der Waals surface area contributed by atoms with Crippen LogP contribution in [0.3, 0.4) is 0 Å². The molecular formula is C84H57BN2O4. The first kappa shape index (κ1) is 51.7. The molecule has 0 fully saturated rings. The summed E-state index contributed by atoms with van der Waals surface area (Å²) in [7, 11) is 0. The van der Waals surface area contributed by atoms with E-state index in [1.807, 2.05) is 12.1 Å². The van der Waals surface area contributed by atoms with Gasteiger partial charge >= 0.3 is 0 Å². The molecule has 15 aromatic rings. The van der Waals surface area contributed by atoms with Crippen LogP contribution in [-0.2, 0) is 10.8 Å². The van der Waals surface area contributed by atoms with E-state index >= 15 is 0 Å². The van der Waals surface area contributed by atoms with Gasteiger partial charge in [0.25, 0.3) is 6.71 Å². The first-order valence-electron chi connectivity index (χ1n) is 31.5. The van der Waals surface area contributed by atoms with Crippen LogP contribution >= 0.6 is 0 Å². The van der Waals surface area contributed by atoms with Crippen molar-refractivity contribution in [2.24, 2.45) is 0 Å². The molecule has 0 radical (unpaired) electrons. The Morgan fingerprint density at radius 2 is 0.681 bits per heavy atom. The fourth-order valence-corrected chi connectivity index (χ4v) is 15.7. The van der Waals surface area contributed by atoms with Crippen LogP contribution in [-0.4, -0.2) is 6.71 Å². The second-order valence-corrected chi connectivity index (χ2v) is 25.9. The third-order valence-corrected chi connectivity index (χ3v) is 20.1. The molecule has 7 heteroatoms. The third-order valence-electron chi connectivity index (χ3n) is 20.1. The maximum Gasteiger partial charge on any atom is 0.260 e. The van der Waals surface area contributed by atoms with Gasteiger partial charge in [0.1, 0.15) is 34.2 Å². The van der Waals surface area contributed by atoms with Gasteiger partial charge < -0.3 is 28.1 Å². The van der Waals surface area contributed by atoms with Crippen molar-refractivity contribution in [3.8, 4) is 67.5 Å². The lowest BCUT2D eigenvalue weighted by molar-refractivity contribution is 0.464. The minimum atomic E-state index is -0.390. The van der Waals surface area contributed by atoms with E-state index < -0.39 is 10.8 Å². The van der Waals surface area contributed by atoms with E-state index in [1.54, 1.807) is 0 Å². The molecule has 2 aliphatic carbocycles. The number of hydrogen-bond acceptors (Lipinski definition) is 6. The maximum absolute atomic E-state index is 7.10. The van der Waals surface area contributed by atoms with Crippen molar-refractivity contribution in [2.45, 2.75) is 38.5 Å². The van der Waals surface area contributed by atoms with Crippen LogP contribution < -0.4 is 35.7 Å². The van der Waals surface area contributed by atoms with Crippen molar-refractivity contribution >= 4 is 101 Å². The van der Waals surface area contributed by atoms with Crippen molar-refractivity contribution in [1.82, 2.24) is 0 Å². The van der Waals surface area contributed by atoms with Gasteiger partial charge in [0.2, 0.25) is 0 Å². The zero-order chi connectivity index (χ0) is 60.4. The minimum absolute atomic E-state index is 0.146. The lowest BCUT2D eigenvalue weighted by Gasteiger charge is -2.35. The highest BCUT2D eigenvalue weighted by Crippen LogP contribution is 2.56. The average molecular weight is 1170 g/mol. The molecule has 0 bridgehead atoms. The van der Waals surface area contributed by atoms with Gasteiger partial charge in [0.15, 0.2) is 11.2 Å². The van der Waals surface area contributed by atoms with Gasteiger partial charge in [-0.15, -0.1) is 0 Å². The van der Waals surface area contributed by atoms with Crippen molar-refractivity contribution in [3.63, 3.8) is 0 Å². The van der Waals surface area contributed by atoms with Gasteiger partial charge in [-0.3, -0.25) is 0 Å². The SMILES string of the molecule is CC1(C)c2cc(N(c3cccc(-c4ccccc4)c3)c3cccc4c3oc3ccccc34)ccc2-c2cc3c(cc21)B1c2cc4c(cc2Oc2cccc(c21)O3)-c1ccc(N(c2cccc(-c3ccccc3)c2)c2cccc3c2oc2ccccc23)cc1C4(C)C. The Balaban J connectivity index is 0.727. The number of nitrogens with zero attached hydrogens (tertiary/aromatic N) is 2. The number of hydrogen-bond donors (Lipinski definition) is 0. The summed E-state index contributed by atoms with van der Waals surface area (Å²) in [5.74, 6) is 3.39. The van der Waals surface area contributed by atoms with Crippen molar-refractivity contribution in [1.29, 1.82) is 0 Å². The van der Waals surface area contributed by atoms with Gasteiger partial charge in [-0.1, -0.05) is 204 Å². The first-order chi connectivity index (χ1) is 44.6. The standard InChI is InChI=1S/C84H57BN2O4/c1-83(2)66-44-56(86(54-26-15-24-52(42-54)50-20-7-5-8-21-50)72-32-17-30-62-60-28-11-13-34-74(60)90-81(62)72)38-40-58(66)64-46-78-70(48-68(64)83)85-71-49-69-65(47-79(71)89-77-37-19-36-76(88-78)80(77)85)59-41-39-57(45-67(59)84(69,3)4)87(55-27-16-25-53(43-55)51-22-9-6-10-23-51)73-33-18-31-63-61-29-12-14-35-75(61)91-82(63)73/h5-49H,1-4H3. The Kier molecular flexibility index (Phi) is 10.9. The summed E-state index contributed by atoms with van der Waals surface area (Å²) < 4.78 is 27.8. The predicted octanol–water partition coefficient (Wildman–Crippen LogP) is 21.1. The normalized spacial score (nSPS) is 14.0. The Hall–Kier alpha value is -11.3. The highest BCUT2D eigenvalue weighted by molar-refractivity contribution is 6.98. The van der Waals surface area contributed by atoms with Crippen molar-refractivity contribution in [3.05, 3.63) is 295 Å². The van der Waals surface area contributed by atoms with Gasteiger partial charge in [0, 0.05) is 60.6 Å². The maximum atomic E-state index is 7.10. The summed E-state index contributed by atoms with van der Waals surface area (Å²) in [6.07, 6.45) is 0. The number of anilines is 6. The second kappa shape index (κ2) is 19.1. The molecule has 430 valence electrons. The predicted molar refractivity (Wildman–Crippen MR) is 374 cm³/mol. The molecule has 4 aliphatic rings. The van der Waals surface area contributed by atoms with Crippen LogP contribution in [0.1, 0.15) is 49.9 Å². The van der Waals surface area contributed by atoms with Crippen molar-refractivity contribution in [2.75, 3.05) is 9.80 Å². The molecule has 0 N–H and O–H groups in total. The number of furan rings is 2. The summed E-state index contributed by atoms with van der Waals surface area (Å²) in [4.78, 5) is 4.76. The van der Waals surface area contributed by atoms with Crippen LogP contribution in [0, 0.1) is 0 Å². The highest BCUT2D eigenvalue weighted by Gasteiger charge is 2.46. The molecule has 0 saturated carbocycles. The first-order valence-corrected chi connectivity index (χ1v) is 31.5. The molecule has 2 aromatic heterocycles. The van der Waals surface area contributed by atoms with Crippen LogP contribution in [0.2, 0.25) is 0 Å². The van der Waals surface area contributed by atoms with Gasteiger partial charge in [-0.2, -0.15) is 0 Å². The van der Waals surface area contributed by atoms with Crippen LogP contribution in [0.5, 0.6) is 23.0 Å². The summed E-state index contributed by atoms with van der Waals surface area (Å²) in [5.41, 5.74) is 26.6. The van der Waals surface area contributed by atoms with Crippen molar-refractivity contribution < 1.29 is 18.3 Å². The topological polar surface area (TPSA) is 51.2 Å². The quantitative estimate of drug-likeness (QED) is 0.141. The fourth-order valence-electron chi connectivity index (χ4n) is 15.7. The Labute approximate surface area is 527 Å². The van der Waals surface area contributed by atoms with E-state index in [1.165, 1.54) is 44.5 Å². The molecule has 19 rings (SSSR count). The summed E-state index contributed by atoms with van der Waals surface area (Å²) >= 11 is 0. The molecule has 2 aliphatic heterocycles. The molecule has 0 unspecified atom stereocenters. The van der Waals surface area contributed by atoms with Crippen LogP contribution in [0.25, 0.3) is 88.4 Å². The zero-order valence-electron chi connectivity index (χ0n) is 50.6.